The summed E-state index contributed by atoms with van der Waals surface area (Å²) in [5, 5.41) is 0. The number of halogens is 1. The molecular weight excluding hydrogens is 238 g/mol. The van der Waals surface area contributed by atoms with Crippen LogP contribution in [0.15, 0.2) is 11.9 Å². The van der Waals surface area contributed by atoms with Gasteiger partial charge in [-0.05, 0) is 19.9 Å². The molecule has 5 nitrogen and oxygen atoms in total. The fourth-order valence-corrected chi connectivity index (χ4v) is 1.73. The van der Waals surface area contributed by atoms with Crippen LogP contribution < -0.4 is 0 Å². The Morgan fingerprint density at radius 2 is 2.31 bits per heavy atom. The van der Waals surface area contributed by atoms with Crippen molar-refractivity contribution < 1.29 is 29.6 Å². The van der Waals surface area contributed by atoms with E-state index in [-0.39, 0.29) is 12.7 Å². The molecule has 0 bridgehead atoms. The first-order valence-corrected chi connectivity index (χ1v) is 6.48. The third kappa shape index (κ3) is 4.31. The van der Waals surface area contributed by atoms with Crippen LogP contribution in [0.4, 0.5) is 4.39 Å². The van der Waals surface area contributed by atoms with Gasteiger partial charge in [-0.2, -0.15) is 0 Å². The summed E-state index contributed by atoms with van der Waals surface area (Å²) in [6, 6.07) is 0. The summed E-state index contributed by atoms with van der Waals surface area (Å²) in [6.07, 6.45) is -2.55. The van der Waals surface area contributed by atoms with Crippen molar-refractivity contribution in [1.29, 1.82) is 0 Å². The fraction of sp³-hybridized carbons (Fsp3) is 0.778. The Hall–Kier alpha value is -0.260. The van der Waals surface area contributed by atoms with E-state index in [1.54, 1.807) is 13.8 Å². The highest BCUT2D eigenvalue weighted by atomic mass is 31.2. The van der Waals surface area contributed by atoms with Gasteiger partial charge < -0.3 is 19.3 Å². The summed E-state index contributed by atoms with van der Waals surface area (Å²) in [5.41, 5.74) is 0. The van der Waals surface area contributed by atoms with Gasteiger partial charge in [0.25, 0.3) is 0 Å². The number of hydrogen-bond donors (Lipinski definition) is 2. The normalized spacial score (nSPS) is 33.2. The van der Waals surface area contributed by atoms with E-state index in [0.717, 1.165) is 6.08 Å². The van der Waals surface area contributed by atoms with Crippen LogP contribution in [0.25, 0.3) is 0 Å². The van der Waals surface area contributed by atoms with Crippen LogP contribution in [0.1, 0.15) is 15.2 Å². The SMILES string of the molecule is [2H]/C(=C\[C@H]1OC[C@H](F)[C@@H]1OC(C)C)P(=O)(O)O. The zero-order valence-electron chi connectivity index (χ0n) is 10.0. The Bertz CT molecular complexity index is 342. The lowest BCUT2D eigenvalue weighted by molar-refractivity contribution is -0.0385. The maximum absolute atomic E-state index is 13.4. The molecule has 3 atom stereocenters. The van der Waals surface area contributed by atoms with Crippen LogP contribution in [0.5, 0.6) is 0 Å². The molecule has 0 aliphatic carbocycles. The van der Waals surface area contributed by atoms with Gasteiger partial charge in [-0.3, -0.25) is 4.57 Å². The van der Waals surface area contributed by atoms with Gasteiger partial charge in [0.15, 0.2) is 6.17 Å². The highest BCUT2D eigenvalue weighted by molar-refractivity contribution is 7.55. The monoisotopic (exact) mass is 255 g/mol. The van der Waals surface area contributed by atoms with E-state index in [4.69, 9.17) is 20.6 Å². The molecule has 1 heterocycles. The molecule has 1 aliphatic heterocycles. The van der Waals surface area contributed by atoms with Gasteiger partial charge in [0, 0.05) is 5.79 Å². The van der Waals surface area contributed by atoms with E-state index in [1.807, 2.05) is 0 Å². The minimum Gasteiger partial charge on any atom is -0.369 e. The predicted molar refractivity (Wildman–Crippen MR) is 55.8 cm³/mol. The summed E-state index contributed by atoms with van der Waals surface area (Å²) in [7, 11) is -4.62. The standard InChI is InChI=1S/C9H16FO5P/c1-6(2)15-9-7(10)5-14-8(9)3-4-16(11,12)13/h3-4,6-9H,5H2,1-2H3,(H2,11,12,13)/b4-3+/t7-,8+,9-/m0/s1/i4D. The van der Waals surface area contributed by atoms with Crippen LogP contribution >= 0.6 is 7.60 Å². The van der Waals surface area contributed by atoms with Crippen molar-refractivity contribution in [2.24, 2.45) is 0 Å². The summed E-state index contributed by atoms with van der Waals surface area (Å²) >= 11 is 0. The Morgan fingerprint density at radius 3 is 2.81 bits per heavy atom. The fourth-order valence-electron chi connectivity index (χ4n) is 1.39. The smallest absolute Gasteiger partial charge is 0.348 e. The van der Waals surface area contributed by atoms with Crippen LogP contribution in [-0.2, 0) is 14.0 Å². The van der Waals surface area contributed by atoms with Crippen molar-refractivity contribution in [3.05, 3.63) is 11.9 Å². The minimum absolute atomic E-state index is 0.201. The topological polar surface area (TPSA) is 76.0 Å². The molecule has 1 fully saturated rings. The second-order valence-electron chi connectivity index (χ2n) is 3.80. The molecule has 0 radical (unpaired) electrons. The van der Waals surface area contributed by atoms with Crippen molar-refractivity contribution >= 4 is 7.60 Å². The zero-order valence-corrected chi connectivity index (χ0v) is 9.93. The quantitative estimate of drug-likeness (QED) is 0.738. The maximum Gasteiger partial charge on any atom is 0.348 e. The van der Waals surface area contributed by atoms with E-state index in [9.17, 15) is 8.96 Å². The van der Waals surface area contributed by atoms with Gasteiger partial charge in [0.1, 0.15) is 12.2 Å². The molecule has 94 valence electrons. The number of alkyl halides is 1. The van der Waals surface area contributed by atoms with Gasteiger partial charge in [0.2, 0.25) is 0 Å². The van der Waals surface area contributed by atoms with Gasteiger partial charge in [-0.1, -0.05) is 0 Å². The Labute approximate surface area is 94.8 Å². The summed E-state index contributed by atoms with van der Waals surface area (Å²) < 4.78 is 41.6. The van der Waals surface area contributed by atoms with Crippen molar-refractivity contribution in [1.82, 2.24) is 0 Å². The highest BCUT2D eigenvalue weighted by Gasteiger charge is 2.37. The third-order valence-electron chi connectivity index (χ3n) is 1.96. The molecule has 0 unspecified atom stereocenters. The largest absolute Gasteiger partial charge is 0.369 e. The van der Waals surface area contributed by atoms with Crippen molar-refractivity contribution in [2.45, 2.75) is 38.3 Å². The second kappa shape index (κ2) is 5.38. The lowest BCUT2D eigenvalue weighted by Crippen LogP contribution is -2.32. The molecule has 0 spiro atoms. The molecule has 16 heavy (non-hydrogen) atoms. The lowest BCUT2D eigenvalue weighted by Gasteiger charge is -2.20. The van der Waals surface area contributed by atoms with Gasteiger partial charge >= 0.3 is 7.60 Å². The van der Waals surface area contributed by atoms with Crippen molar-refractivity contribution in [3.8, 4) is 0 Å². The zero-order chi connectivity index (χ0) is 13.2. The molecule has 1 rings (SSSR count). The first-order chi connectivity index (χ1) is 7.71. The Balaban J connectivity index is 2.80. The average molecular weight is 255 g/mol. The van der Waals surface area contributed by atoms with E-state index >= 15 is 0 Å². The molecule has 7 heteroatoms. The molecule has 0 aromatic rings. The van der Waals surface area contributed by atoms with Crippen molar-refractivity contribution in [3.63, 3.8) is 0 Å². The van der Waals surface area contributed by atoms with E-state index in [0.29, 0.717) is 0 Å². The maximum atomic E-state index is 13.4. The van der Waals surface area contributed by atoms with Crippen LogP contribution in [0.3, 0.4) is 0 Å². The third-order valence-corrected chi connectivity index (χ3v) is 2.45. The molecule has 0 saturated carbocycles. The Morgan fingerprint density at radius 1 is 1.69 bits per heavy atom. The van der Waals surface area contributed by atoms with Gasteiger partial charge in [0.05, 0.1) is 14.1 Å². The van der Waals surface area contributed by atoms with E-state index in [1.165, 1.54) is 0 Å². The van der Waals surface area contributed by atoms with E-state index in [2.05, 4.69) is 0 Å². The Kier molecular flexibility index (Phi) is 4.10. The highest BCUT2D eigenvalue weighted by Crippen LogP contribution is 2.37. The molecule has 0 amide bonds. The number of ether oxygens (including phenoxy) is 2. The molecule has 0 aromatic carbocycles. The molecule has 1 saturated heterocycles. The second-order valence-corrected chi connectivity index (χ2v) is 5.15. The number of hydrogen-bond acceptors (Lipinski definition) is 3. The first kappa shape index (κ1) is 12.2. The van der Waals surface area contributed by atoms with Crippen LogP contribution in [0.2, 0.25) is 0 Å². The molecule has 2 N–H and O–H groups in total. The predicted octanol–water partition coefficient (Wildman–Crippen LogP) is 1.21. The van der Waals surface area contributed by atoms with Gasteiger partial charge in [-0.15, -0.1) is 0 Å². The first-order valence-electron chi connectivity index (χ1n) is 5.37. The summed E-state index contributed by atoms with van der Waals surface area (Å²) in [6.45, 7) is 3.24. The number of rotatable bonds is 4. The summed E-state index contributed by atoms with van der Waals surface area (Å²) in [4.78, 5) is 17.5. The lowest BCUT2D eigenvalue weighted by atomic mass is 10.1. The van der Waals surface area contributed by atoms with Crippen molar-refractivity contribution in [2.75, 3.05) is 6.61 Å². The molecule has 0 aromatic heterocycles. The van der Waals surface area contributed by atoms with Gasteiger partial charge in [-0.25, -0.2) is 4.39 Å². The van der Waals surface area contributed by atoms with Crippen LogP contribution in [-0.4, -0.2) is 40.9 Å². The van der Waals surface area contributed by atoms with Crippen LogP contribution in [0, 0.1) is 0 Å². The molecular formula is C9H16FO5P. The average Bonchev–Trinajstić information content (AvgIpc) is 2.47. The van der Waals surface area contributed by atoms with E-state index < -0.39 is 31.8 Å². The minimum atomic E-state index is -4.62. The molecule has 1 aliphatic rings. The summed E-state index contributed by atoms with van der Waals surface area (Å²) in [5.74, 6) is -0.881.